The fraction of sp³-hybridized carbons (Fsp3) is 0.458. The molecule has 168 valence electrons. The number of benzene rings is 1. The highest BCUT2D eigenvalue weighted by Crippen LogP contribution is 2.35. The number of halogens is 1. The zero-order chi connectivity index (χ0) is 22.1. The van der Waals surface area contributed by atoms with Gasteiger partial charge in [-0.1, -0.05) is 36.2 Å². The Balaban J connectivity index is 1.42. The lowest BCUT2D eigenvalue weighted by atomic mass is 9.78. The summed E-state index contributed by atoms with van der Waals surface area (Å²) in [7, 11) is 0. The molecule has 0 unspecified atom stereocenters. The first-order valence-electron chi connectivity index (χ1n) is 11.2. The van der Waals surface area contributed by atoms with E-state index >= 15 is 0 Å². The number of piperidine rings is 1. The first-order valence-corrected chi connectivity index (χ1v) is 12.6. The predicted molar refractivity (Wildman–Crippen MR) is 126 cm³/mol. The van der Waals surface area contributed by atoms with Crippen LogP contribution >= 0.6 is 23.4 Å². The van der Waals surface area contributed by atoms with Crippen LogP contribution in [-0.2, 0) is 11.3 Å². The van der Waals surface area contributed by atoms with E-state index in [1.54, 1.807) is 35.1 Å². The molecule has 1 aromatic carbocycles. The van der Waals surface area contributed by atoms with Gasteiger partial charge in [0.05, 0.1) is 29.5 Å². The molecule has 1 aliphatic carbocycles. The summed E-state index contributed by atoms with van der Waals surface area (Å²) >= 11 is 7.46. The number of hydrogen-bond acceptors (Lipinski definition) is 5. The second-order valence-electron chi connectivity index (χ2n) is 8.66. The fourth-order valence-electron chi connectivity index (χ4n) is 5.13. The summed E-state index contributed by atoms with van der Waals surface area (Å²) in [6, 6.07) is 9.08. The van der Waals surface area contributed by atoms with Crippen molar-refractivity contribution in [3.63, 3.8) is 0 Å². The molecule has 1 saturated carbocycles. The number of amides is 1. The van der Waals surface area contributed by atoms with E-state index in [1.807, 2.05) is 6.07 Å². The van der Waals surface area contributed by atoms with Crippen LogP contribution in [0.1, 0.15) is 44.3 Å². The van der Waals surface area contributed by atoms with Gasteiger partial charge in [0.25, 0.3) is 5.56 Å². The number of rotatable bonds is 5. The number of hydrogen-bond donors (Lipinski definition) is 0. The highest BCUT2D eigenvalue weighted by Gasteiger charge is 2.35. The van der Waals surface area contributed by atoms with Crippen molar-refractivity contribution in [2.24, 2.45) is 5.92 Å². The molecule has 0 spiro atoms. The van der Waals surface area contributed by atoms with E-state index < -0.39 is 0 Å². The van der Waals surface area contributed by atoms with E-state index in [9.17, 15) is 9.59 Å². The average Bonchev–Trinajstić information content (AvgIpc) is 3.32. The van der Waals surface area contributed by atoms with Crippen molar-refractivity contribution in [2.45, 2.75) is 56.3 Å². The van der Waals surface area contributed by atoms with Gasteiger partial charge in [-0.2, -0.15) is 0 Å². The molecule has 1 amide bonds. The number of carbonyl (C=O) groups excluding carboxylic acids is 1. The topological polar surface area (TPSA) is 68.3 Å². The third kappa shape index (κ3) is 4.33. The summed E-state index contributed by atoms with van der Waals surface area (Å²) in [5.41, 5.74) is 0.377. The zero-order valence-electron chi connectivity index (χ0n) is 17.8. The highest BCUT2D eigenvalue weighted by atomic mass is 35.5. The molecule has 0 bridgehead atoms. The third-order valence-corrected chi connectivity index (χ3v) is 7.86. The van der Waals surface area contributed by atoms with Gasteiger partial charge < -0.3 is 9.32 Å². The standard InChI is InChI=1S/C24H26ClN3O3S/c25-17-9-10-19-20(13-17)26-24(28(23(19)30)14-18-7-4-12-31-18)32-15-22(29)27-11-3-6-16-5-1-2-8-21(16)27/h4,7,9-10,12-13,16,21H,1-3,5-6,8,11,14-15H2/t16-,21+/m1/s1. The lowest BCUT2D eigenvalue weighted by molar-refractivity contribution is -0.134. The van der Waals surface area contributed by atoms with E-state index in [4.69, 9.17) is 21.0 Å². The SMILES string of the molecule is O=C(CSc1nc2cc(Cl)ccc2c(=O)n1Cc1ccco1)N1CCC[C@H]2CCCC[C@@H]21. The van der Waals surface area contributed by atoms with Gasteiger partial charge in [-0.15, -0.1) is 0 Å². The van der Waals surface area contributed by atoms with Crippen molar-refractivity contribution in [3.05, 3.63) is 57.7 Å². The monoisotopic (exact) mass is 471 g/mol. The summed E-state index contributed by atoms with van der Waals surface area (Å²) in [6.07, 6.45) is 8.72. The minimum Gasteiger partial charge on any atom is -0.467 e. The van der Waals surface area contributed by atoms with Gasteiger partial charge in [0.15, 0.2) is 5.16 Å². The molecule has 3 aromatic rings. The Labute approximate surface area is 195 Å². The molecular weight excluding hydrogens is 446 g/mol. The number of furan rings is 1. The van der Waals surface area contributed by atoms with Gasteiger partial charge in [-0.25, -0.2) is 4.98 Å². The van der Waals surface area contributed by atoms with Crippen LogP contribution in [0.25, 0.3) is 10.9 Å². The maximum Gasteiger partial charge on any atom is 0.262 e. The number of carbonyl (C=O) groups is 1. The molecule has 1 saturated heterocycles. The molecule has 2 atom stereocenters. The van der Waals surface area contributed by atoms with Crippen molar-refractivity contribution < 1.29 is 9.21 Å². The molecule has 2 aliphatic rings. The third-order valence-electron chi connectivity index (χ3n) is 6.66. The second kappa shape index (κ2) is 9.32. The predicted octanol–water partition coefficient (Wildman–Crippen LogP) is 4.96. The molecule has 0 radical (unpaired) electrons. The number of fused-ring (bicyclic) bond motifs is 2. The van der Waals surface area contributed by atoms with Crippen molar-refractivity contribution in [1.29, 1.82) is 0 Å². The maximum absolute atomic E-state index is 13.3. The van der Waals surface area contributed by atoms with Crippen LogP contribution in [0.4, 0.5) is 0 Å². The Hall–Kier alpha value is -2.25. The number of aromatic nitrogens is 2. The summed E-state index contributed by atoms with van der Waals surface area (Å²) in [5, 5.41) is 1.53. The average molecular weight is 472 g/mol. The molecule has 2 fully saturated rings. The van der Waals surface area contributed by atoms with Crippen LogP contribution in [-0.4, -0.2) is 38.7 Å². The van der Waals surface area contributed by atoms with Crippen LogP contribution in [0.2, 0.25) is 5.02 Å². The molecule has 1 aliphatic heterocycles. The highest BCUT2D eigenvalue weighted by molar-refractivity contribution is 7.99. The van der Waals surface area contributed by atoms with Gasteiger partial charge in [-0.05, 0) is 61.9 Å². The Bertz CT molecular complexity index is 1180. The molecule has 8 heteroatoms. The van der Waals surface area contributed by atoms with Gasteiger partial charge in [-0.3, -0.25) is 14.2 Å². The minimum absolute atomic E-state index is 0.136. The second-order valence-corrected chi connectivity index (χ2v) is 10.0. The molecule has 5 rings (SSSR count). The molecular formula is C24H26ClN3O3S. The Morgan fingerprint density at radius 2 is 2.03 bits per heavy atom. The first kappa shape index (κ1) is 21.6. The van der Waals surface area contributed by atoms with E-state index in [0.717, 1.165) is 19.4 Å². The van der Waals surface area contributed by atoms with Crippen molar-refractivity contribution in [2.75, 3.05) is 12.3 Å². The smallest absolute Gasteiger partial charge is 0.262 e. The maximum atomic E-state index is 13.3. The van der Waals surface area contributed by atoms with Crippen LogP contribution < -0.4 is 5.56 Å². The molecule has 0 N–H and O–H groups in total. The van der Waals surface area contributed by atoms with Gasteiger partial charge in [0, 0.05) is 17.6 Å². The largest absolute Gasteiger partial charge is 0.467 e. The summed E-state index contributed by atoms with van der Waals surface area (Å²) in [5.74, 6) is 1.71. The normalized spacial score (nSPS) is 21.0. The van der Waals surface area contributed by atoms with Crippen LogP contribution in [0.5, 0.6) is 0 Å². The number of thioether (sulfide) groups is 1. The lowest BCUT2D eigenvalue weighted by Gasteiger charge is -2.44. The number of likely N-dealkylation sites (tertiary alicyclic amines) is 1. The first-order chi connectivity index (χ1) is 15.6. The van der Waals surface area contributed by atoms with E-state index in [-0.39, 0.29) is 23.8 Å². The molecule has 2 aromatic heterocycles. The van der Waals surface area contributed by atoms with E-state index in [0.29, 0.717) is 38.8 Å². The zero-order valence-corrected chi connectivity index (χ0v) is 19.4. The van der Waals surface area contributed by atoms with E-state index in [2.05, 4.69) is 4.90 Å². The number of nitrogens with zero attached hydrogens (tertiary/aromatic N) is 3. The Morgan fingerprint density at radius 3 is 2.88 bits per heavy atom. The summed E-state index contributed by atoms with van der Waals surface area (Å²) in [4.78, 5) is 33.3. The molecule has 3 heterocycles. The summed E-state index contributed by atoms with van der Waals surface area (Å²) < 4.78 is 7.06. The van der Waals surface area contributed by atoms with Crippen molar-refractivity contribution in [1.82, 2.24) is 14.5 Å². The quantitative estimate of drug-likeness (QED) is 0.388. The van der Waals surface area contributed by atoms with Crippen molar-refractivity contribution >= 4 is 40.2 Å². The van der Waals surface area contributed by atoms with Crippen LogP contribution in [0.3, 0.4) is 0 Å². The minimum atomic E-state index is -0.164. The fourth-order valence-corrected chi connectivity index (χ4v) is 6.18. The van der Waals surface area contributed by atoms with Crippen LogP contribution in [0.15, 0.2) is 51.0 Å². The van der Waals surface area contributed by atoms with Crippen molar-refractivity contribution in [3.8, 4) is 0 Å². The van der Waals surface area contributed by atoms with Gasteiger partial charge >= 0.3 is 0 Å². The van der Waals surface area contributed by atoms with Gasteiger partial charge in [0.1, 0.15) is 5.76 Å². The van der Waals surface area contributed by atoms with Gasteiger partial charge in [0.2, 0.25) is 5.91 Å². The van der Waals surface area contributed by atoms with E-state index in [1.165, 1.54) is 37.4 Å². The lowest BCUT2D eigenvalue weighted by Crippen LogP contribution is -2.50. The Kier molecular flexibility index (Phi) is 6.28. The molecule has 6 nitrogen and oxygen atoms in total. The summed E-state index contributed by atoms with van der Waals surface area (Å²) in [6.45, 7) is 1.10. The Morgan fingerprint density at radius 1 is 1.19 bits per heavy atom. The molecule has 32 heavy (non-hydrogen) atoms. The van der Waals surface area contributed by atoms with Crippen LogP contribution in [0, 0.1) is 5.92 Å².